The van der Waals surface area contributed by atoms with Crippen LogP contribution in [0.25, 0.3) is 10.9 Å². The first kappa shape index (κ1) is 31.8. The molecule has 1 unspecified atom stereocenters. The van der Waals surface area contributed by atoms with Crippen LogP contribution in [0, 0.1) is 12.0 Å². The molecule has 1 N–H and O–H groups in total. The van der Waals surface area contributed by atoms with Crippen molar-refractivity contribution in [2.45, 2.75) is 50.6 Å². The molecule has 1 saturated carbocycles. The van der Waals surface area contributed by atoms with Gasteiger partial charge >= 0.3 is 29.6 Å². The fourth-order valence-corrected chi connectivity index (χ4v) is 4.93. The fourth-order valence-electron chi connectivity index (χ4n) is 4.93. The van der Waals surface area contributed by atoms with Gasteiger partial charge in [0.2, 0.25) is 0 Å². The van der Waals surface area contributed by atoms with E-state index in [1.807, 2.05) is 48.5 Å². The molecule has 5 heteroatoms. The Bertz CT molecular complexity index is 1350. The molecular weight excluding hydrogens is 504 g/mol. The van der Waals surface area contributed by atoms with Gasteiger partial charge in [0.15, 0.2) is 0 Å². The van der Waals surface area contributed by atoms with Crippen LogP contribution in [0.15, 0.2) is 110 Å². The first-order valence-electron chi connectivity index (χ1n) is 13.8. The second-order valence-electron chi connectivity index (χ2n) is 10.2. The quantitative estimate of drug-likeness (QED) is 0.205. The van der Waals surface area contributed by atoms with E-state index in [0.717, 1.165) is 29.7 Å². The van der Waals surface area contributed by atoms with E-state index >= 15 is 0 Å². The Balaban J connectivity index is 0.000000167. The van der Waals surface area contributed by atoms with Crippen LogP contribution in [0.1, 0.15) is 48.3 Å². The van der Waals surface area contributed by atoms with Gasteiger partial charge in [-0.15, -0.1) is 12.0 Å². The minimum absolute atomic E-state index is 0. The van der Waals surface area contributed by atoms with Gasteiger partial charge < -0.3 is 10.3 Å². The van der Waals surface area contributed by atoms with Crippen LogP contribution < -0.4 is 34.9 Å². The number of nitrogens with one attached hydrogen (secondary N) is 1. The molecule has 40 heavy (non-hydrogen) atoms. The zero-order chi connectivity index (χ0) is 27.5. The van der Waals surface area contributed by atoms with E-state index in [1.54, 1.807) is 6.07 Å². The summed E-state index contributed by atoms with van der Waals surface area (Å²) in [6.45, 7) is 9.95. The number of likely N-dealkylation sites (N-methyl/N-ethyl adjacent to an activating group) is 1. The molecular formula is C35H39FN3Na. The Hall–Kier alpha value is -2.76. The molecule has 2 fully saturated rings. The van der Waals surface area contributed by atoms with E-state index in [9.17, 15) is 4.39 Å². The molecule has 0 amide bonds. The average Bonchev–Trinajstić information content (AvgIpc) is 3.73. The summed E-state index contributed by atoms with van der Waals surface area (Å²) in [6, 6.07) is 28.0. The maximum atomic E-state index is 12.9. The molecule has 1 atom stereocenters. The molecule has 0 spiro atoms. The van der Waals surface area contributed by atoms with Gasteiger partial charge in [0.05, 0.1) is 0 Å². The van der Waals surface area contributed by atoms with Crippen molar-refractivity contribution in [2.75, 3.05) is 13.6 Å². The molecule has 1 aliphatic heterocycles. The molecule has 1 aromatic heterocycles. The van der Waals surface area contributed by atoms with Gasteiger partial charge in [0.25, 0.3) is 0 Å². The third-order valence-electron chi connectivity index (χ3n) is 7.25. The maximum absolute atomic E-state index is 12.9. The van der Waals surface area contributed by atoms with Crippen molar-refractivity contribution >= 4 is 10.9 Å². The van der Waals surface area contributed by atoms with Crippen LogP contribution >= 0.6 is 0 Å². The predicted molar refractivity (Wildman–Crippen MR) is 161 cm³/mol. The first-order valence-corrected chi connectivity index (χ1v) is 13.8. The number of fused-ring (bicyclic) bond motifs is 1. The third kappa shape index (κ3) is 9.42. The van der Waals surface area contributed by atoms with Crippen LogP contribution in [-0.2, 0) is 13.0 Å². The van der Waals surface area contributed by atoms with Gasteiger partial charge in [0, 0.05) is 18.3 Å². The van der Waals surface area contributed by atoms with E-state index in [1.165, 1.54) is 54.8 Å². The molecule has 1 aliphatic carbocycles. The molecule has 6 rings (SSSR count). The minimum atomic E-state index is -0.0370. The second-order valence-corrected chi connectivity index (χ2v) is 10.2. The summed E-state index contributed by atoms with van der Waals surface area (Å²) in [6.07, 6.45) is 10.5. The number of aromatic nitrogens is 1. The normalized spacial score (nSPS) is 16.0. The molecule has 202 valence electrons. The van der Waals surface area contributed by atoms with Crippen molar-refractivity contribution in [1.82, 2.24) is 15.2 Å². The SMILES string of the molecule is C=C(NCc1ccccc1)C1CCCN1C.C=CCc1cccc2n[c-]ccc12.Fc1ccccc1C1CC1.[Na+]. The van der Waals surface area contributed by atoms with Crippen LogP contribution in [0.3, 0.4) is 0 Å². The Morgan fingerprint density at radius 1 is 1.02 bits per heavy atom. The maximum Gasteiger partial charge on any atom is 1.00 e. The second kappa shape index (κ2) is 16.5. The van der Waals surface area contributed by atoms with E-state index < -0.39 is 0 Å². The van der Waals surface area contributed by atoms with Crippen molar-refractivity contribution in [3.8, 4) is 0 Å². The number of hydrogen-bond donors (Lipinski definition) is 1. The summed E-state index contributed by atoms with van der Waals surface area (Å²) in [5, 5.41) is 4.63. The van der Waals surface area contributed by atoms with Gasteiger partial charge in [-0.1, -0.05) is 91.1 Å². The van der Waals surface area contributed by atoms with Crippen LogP contribution in [0.5, 0.6) is 0 Å². The van der Waals surface area contributed by atoms with Gasteiger partial charge in [-0.3, -0.25) is 4.90 Å². The van der Waals surface area contributed by atoms with Crippen LogP contribution in [0.2, 0.25) is 0 Å². The Morgan fingerprint density at radius 2 is 1.77 bits per heavy atom. The van der Waals surface area contributed by atoms with Crippen molar-refractivity contribution in [3.05, 3.63) is 139 Å². The van der Waals surface area contributed by atoms with Gasteiger partial charge in [-0.05, 0) is 74.3 Å². The molecule has 0 radical (unpaired) electrons. The monoisotopic (exact) mass is 543 g/mol. The number of rotatable bonds is 7. The number of pyridine rings is 1. The first-order chi connectivity index (χ1) is 19.1. The summed E-state index contributed by atoms with van der Waals surface area (Å²) in [5.74, 6) is 0.492. The summed E-state index contributed by atoms with van der Waals surface area (Å²) in [7, 11) is 2.17. The zero-order valence-corrected chi connectivity index (χ0v) is 26.0. The van der Waals surface area contributed by atoms with Crippen molar-refractivity contribution < 1.29 is 33.9 Å². The number of hydrogen-bond acceptors (Lipinski definition) is 3. The van der Waals surface area contributed by atoms with Gasteiger partial charge in [-0.2, -0.15) is 12.1 Å². The van der Waals surface area contributed by atoms with E-state index in [4.69, 9.17) is 0 Å². The van der Waals surface area contributed by atoms with Crippen LogP contribution in [0.4, 0.5) is 4.39 Å². The van der Waals surface area contributed by atoms with Crippen molar-refractivity contribution in [2.24, 2.45) is 0 Å². The van der Waals surface area contributed by atoms with Gasteiger partial charge in [0.1, 0.15) is 5.82 Å². The third-order valence-corrected chi connectivity index (χ3v) is 7.25. The number of allylic oxidation sites excluding steroid dienone is 1. The Labute approximate surface area is 261 Å². The predicted octanol–water partition coefficient (Wildman–Crippen LogP) is 4.85. The smallest absolute Gasteiger partial charge is 0.386 e. The number of benzene rings is 3. The summed E-state index contributed by atoms with van der Waals surface area (Å²) in [4.78, 5) is 6.54. The number of likely N-dealkylation sites (tertiary alicyclic amines) is 1. The fraction of sp³-hybridized carbons (Fsp3) is 0.286. The number of halogens is 1. The van der Waals surface area contributed by atoms with Crippen molar-refractivity contribution in [3.63, 3.8) is 0 Å². The molecule has 3 aromatic carbocycles. The minimum Gasteiger partial charge on any atom is -0.386 e. The van der Waals surface area contributed by atoms with Crippen molar-refractivity contribution in [1.29, 1.82) is 0 Å². The van der Waals surface area contributed by atoms with E-state index in [-0.39, 0.29) is 35.4 Å². The Kier molecular flexibility index (Phi) is 13.1. The number of nitrogens with zero attached hydrogens (tertiary/aromatic N) is 2. The molecule has 2 aliphatic rings. The van der Waals surface area contributed by atoms with Crippen LogP contribution in [-0.4, -0.2) is 29.5 Å². The average molecular weight is 544 g/mol. The van der Waals surface area contributed by atoms with E-state index in [0.29, 0.717) is 12.0 Å². The molecule has 0 bridgehead atoms. The summed E-state index contributed by atoms with van der Waals surface area (Å²) >= 11 is 0. The molecule has 2 heterocycles. The molecule has 1 saturated heterocycles. The van der Waals surface area contributed by atoms with Gasteiger partial charge in [-0.25, -0.2) is 4.39 Å². The summed E-state index contributed by atoms with van der Waals surface area (Å²) < 4.78 is 12.9. The summed E-state index contributed by atoms with van der Waals surface area (Å²) in [5.41, 5.74) is 5.64. The Morgan fingerprint density at radius 3 is 2.45 bits per heavy atom. The molecule has 4 aromatic rings. The standard InChI is InChI=1S/C14H20N2.C12H10N.C9H9F.Na/c1-12(14-9-6-10-16(14)2)15-11-13-7-4-3-5-8-13;1-2-5-10-6-3-8-12-11(10)7-4-9-13-12;10-9-4-2-1-3-8(9)7-5-6-7;/h3-5,7-8,14-15H,1,6,9-11H2,2H3;2-4,6-8H,1,5H2;1-4,7H,5-6H2;/q;-1;;+1. The topological polar surface area (TPSA) is 28.2 Å². The largest absolute Gasteiger partial charge is 1.00 e. The van der Waals surface area contributed by atoms with E-state index in [2.05, 4.69) is 71.9 Å². The molecule has 3 nitrogen and oxygen atoms in total. The zero-order valence-electron chi connectivity index (χ0n) is 24.0.